The molecule has 4 rings (SSSR count). The summed E-state index contributed by atoms with van der Waals surface area (Å²) in [5, 5.41) is 6.34. The van der Waals surface area contributed by atoms with Crippen molar-refractivity contribution in [3.05, 3.63) is 53.2 Å². The Morgan fingerprint density at radius 3 is 2.65 bits per heavy atom. The molecule has 2 aromatic rings. The van der Waals surface area contributed by atoms with Crippen LogP contribution >= 0.6 is 0 Å². The fourth-order valence-corrected chi connectivity index (χ4v) is 3.46. The molecule has 26 heavy (non-hydrogen) atoms. The van der Waals surface area contributed by atoms with Crippen molar-refractivity contribution < 1.29 is 9.53 Å². The lowest BCUT2D eigenvalue weighted by Gasteiger charge is -2.27. The van der Waals surface area contributed by atoms with Gasteiger partial charge in [-0.25, -0.2) is 4.98 Å². The second kappa shape index (κ2) is 7.85. The average Bonchev–Trinajstić information content (AvgIpc) is 2.94. The predicted molar refractivity (Wildman–Crippen MR) is 102 cm³/mol. The lowest BCUT2D eigenvalue weighted by atomic mass is 10.00. The number of aromatic nitrogens is 1. The first kappa shape index (κ1) is 17.0. The third-order valence-corrected chi connectivity index (χ3v) is 4.95. The number of carbonyl (C=O) groups excluding carboxylic acids is 1. The highest BCUT2D eigenvalue weighted by Gasteiger charge is 2.14. The molecule has 0 spiro atoms. The fourth-order valence-electron chi connectivity index (χ4n) is 3.46. The van der Waals surface area contributed by atoms with Crippen molar-refractivity contribution in [1.82, 2.24) is 10.3 Å². The quantitative estimate of drug-likeness (QED) is 0.883. The number of fused-ring (bicyclic) bond motifs is 1. The van der Waals surface area contributed by atoms with Crippen molar-refractivity contribution in [3.63, 3.8) is 0 Å². The SMILES string of the molecule is O=C(Nc1ccc(N2CCOCC2)nc1)c1ccc2c(c1)CCNCC2. The molecular formula is C20H24N4O2. The number of hydrogen-bond acceptors (Lipinski definition) is 5. The third-order valence-electron chi connectivity index (χ3n) is 4.95. The lowest BCUT2D eigenvalue weighted by molar-refractivity contribution is 0.102. The van der Waals surface area contributed by atoms with E-state index in [9.17, 15) is 4.79 Å². The van der Waals surface area contributed by atoms with Crippen LogP contribution in [0.3, 0.4) is 0 Å². The van der Waals surface area contributed by atoms with Crippen LogP contribution in [0.5, 0.6) is 0 Å². The van der Waals surface area contributed by atoms with Crippen LogP contribution in [0.2, 0.25) is 0 Å². The first-order valence-electron chi connectivity index (χ1n) is 9.22. The fraction of sp³-hybridized carbons (Fsp3) is 0.400. The number of amides is 1. The molecule has 1 saturated heterocycles. The van der Waals surface area contributed by atoms with E-state index in [1.165, 1.54) is 11.1 Å². The molecule has 1 amide bonds. The Hall–Kier alpha value is -2.44. The molecule has 0 atom stereocenters. The third kappa shape index (κ3) is 3.86. The number of ether oxygens (including phenoxy) is 1. The maximum absolute atomic E-state index is 12.6. The van der Waals surface area contributed by atoms with Crippen LogP contribution in [0.25, 0.3) is 0 Å². The zero-order valence-electron chi connectivity index (χ0n) is 14.8. The molecule has 0 bridgehead atoms. The zero-order chi connectivity index (χ0) is 17.8. The molecule has 0 saturated carbocycles. The number of nitrogens with zero attached hydrogens (tertiary/aromatic N) is 2. The number of anilines is 2. The summed E-state index contributed by atoms with van der Waals surface area (Å²) in [6.07, 6.45) is 3.70. The summed E-state index contributed by atoms with van der Waals surface area (Å²) in [6, 6.07) is 9.87. The number of benzene rings is 1. The number of carbonyl (C=O) groups is 1. The summed E-state index contributed by atoms with van der Waals surface area (Å²) in [4.78, 5) is 19.3. The summed E-state index contributed by atoms with van der Waals surface area (Å²) in [5.41, 5.74) is 4.01. The van der Waals surface area contributed by atoms with Gasteiger partial charge in [-0.3, -0.25) is 4.79 Å². The maximum Gasteiger partial charge on any atom is 0.255 e. The highest BCUT2D eigenvalue weighted by molar-refractivity contribution is 6.04. The monoisotopic (exact) mass is 352 g/mol. The van der Waals surface area contributed by atoms with E-state index < -0.39 is 0 Å². The molecule has 1 aromatic heterocycles. The summed E-state index contributed by atoms with van der Waals surface area (Å²) < 4.78 is 5.36. The van der Waals surface area contributed by atoms with Crippen LogP contribution in [0.15, 0.2) is 36.5 Å². The Labute approximate surface area is 153 Å². The molecule has 3 heterocycles. The summed E-state index contributed by atoms with van der Waals surface area (Å²) >= 11 is 0. The average molecular weight is 352 g/mol. The Morgan fingerprint density at radius 2 is 1.88 bits per heavy atom. The summed E-state index contributed by atoms with van der Waals surface area (Å²) in [6.45, 7) is 5.12. The molecule has 2 aliphatic heterocycles. The van der Waals surface area contributed by atoms with Crippen LogP contribution in [0, 0.1) is 0 Å². The molecule has 0 radical (unpaired) electrons. The number of morpholine rings is 1. The Kier molecular flexibility index (Phi) is 5.13. The normalized spacial score (nSPS) is 17.3. The minimum atomic E-state index is -0.0917. The highest BCUT2D eigenvalue weighted by Crippen LogP contribution is 2.18. The van der Waals surface area contributed by atoms with Crippen LogP contribution in [0.1, 0.15) is 21.5 Å². The van der Waals surface area contributed by atoms with E-state index in [2.05, 4.69) is 26.6 Å². The van der Waals surface area contributed by atoms with Crippen LogP contribution < -0.4 is 15.5 Å². The second-order valence-corrected chi connectivity index (χ2v) is 6.69. The van der Waals surface area contributed by atoms with Crippen molar-refractivity contribution in [3.8, 4) is 0 Å². The van der Waals surface area contributed by atoms with E-state index in [0.29, 0.717) is 11.3 Å². The molecule has 0 aliphatic carbocycles. The van der Waals surface area contributed by atoms with Crippen molar-refractivity contribution in [2.24, 2.45) is 0 Å². The van der Waals surface area contributed by atoms with E-state index in [4.69, 9.17) is 4.74 Å². The van der Waals surface area contributed by atoms with Gasteiger partial charge in [-0.05, 0) is 61.3 Å². The molecule has 1 aromatic carbocycles. The lowest BCUT2D eigenvalue weighted by Crippen LogP contribution is -2.36. The van der Waals surface area contributed by atoms with E-state index in [0.717, 1.165) is 58.1 Å². The Balaban J connectivity index is 1.43. The first-order chi connectivity index (χ1) is 12.8. The van der Waals surface area contributed by atoms with Crippen molar-refractivity contribution in [1.29, 1.82) is 0 Å². The van der Waals surface area contributed by atoms with Gasteiger partial charge in [-0.15, -0.1) is 0 Å². The topological polar surface area (TPSA) is 66.5 Å². The zero-order valence-corrected chi connectivity index (χ0v) is 14.8. The Morgan fingerprint density at radius 1 is 1.08 bits per heavy atom. The van der Waals surface area contributed by atoms with Gasteiger partial charge >= 0.3 is 0 Å². The van der Waals surface area contributed by atoms with Gasteiger partial charge in [0, 0.05) is 18.7 Å². The summed E-state index contributed by atoms with van der Waals surface area (Å²) in [5.74, 6) is 0.828. The van der Waals surface area contributed by atoms with Gasteiger partial charge in [0.15, 0.2) is 0 Å². The summed E-state index contributed by atoms with van der Waals surface area (Å²) in [7, 11) is 0. The van der Waals surface area contributed by atoms with Crippen molar-refractivity contribution >= 4 is 17.4 Å². The molecule has 6 heteroatoms. The van der Waals surface area contributed by atoms with Crippen LogP contribution in [-0.4, -0.2) is 50.3 Å². The Bertz CT molecular complexity index is 770. The van der Waals surface area contributed by atoms with Gasteiger partial charge in [0.25, 0.3) is 5.91 Å². The van der Waals surface area contributed by atoms with E-state index in [1.54, 1.807) is 6.20 Å². The van der Waals surface area contributed by atoms with Gasteiger partial charge in [0.05, 0.1) is 25.1 Å². The molecular weight excluding hydrogens is 328 g/mol. The van der Waals surface area contributed by atoms with Gasteiger partial charge in [0.1, 0.15) is 5.82 Å². The van der Waals surface area contributed by atoms with E-state index in [1.807, 2.05) is 24.3 Å². The first-order valence-corrected chi connectivity index (χ1v) is 9.22. The highest BCUT2D eigenvalue weighted by atomic mass is 16.5. The molecule has 6 nitrogen and oxygen atoms in total. The van der Waals surface area contributed by atoms with Crippen LogP contribution in [-0.2, 0) is 17.6 Å². The molecule has 2 aliphatic rings. The van der Waals surface area contributed by atoms with Crippen molar-refractivity contribution in [2.75, 3.05) is 49.6 Å². The largest absolute Gasteiger partial charge is 0.378 e. The van der Waals surface area contributed by atoms with Gasteiger partial charge in [-0.1, -0.05) is 6.07 Å². The van der Waals surface area contributed by atoms with E-state index in [-0.39, 0.29) is 5.91 Å². The van der Waals surface area contributed by atoms with E-state index >= 15 is 0 Å². The van der Waals surface area contributed by atoms with Gasteiger partial charge in [0.2, 0.25) is 0 Å². The molecule has 2 N–H and O–H groups in total. The molecule has 136 valence electrons. The minimum absolute atomic E-state index is 0.0917. The van der Waals surface area contributed by atoms with Crippen LogP contribution in [0.4, 0.5) is 11.5 Å². The second-order valence-electron chi connectivity index (χ2n) is 6.69. The predicted octanol–water partition coefficient (Wildman–Crippen LogP) is 1.86. The molecule has 1 fully saturated rings. The number of hydrogen-bond donors (Lipinski definition) is 2. The number of rotatable bonds is 3. The molecule has 0 unspecified atom stereocenters. The van der Waals surface area contributed by atoms with Crippen molar-refractivity contribution in [2.45, 2.75) is 12.8 Å². The van der Waals surface area contributed by atoms with Gasteiger partial charge in [-0.2, -0.15) is 0 Å². The smallest absolute Gasteiger partial charge is 0.255 e. The minimum Gasteiger partial charge on any atom is -0.378 e. The standard InChI is InChI=1S/C20H24N4O2/c25-20(17-2-1-15-5-7-21-8-6-16(15)13-17)23-18-3-4-19(22-14-18)24-9-11-26-12-10-24/h1-4,13-14,21H,5-12H2,(H,23,25). The maximum atomic E-state index is 12.6. The van der Waals surface area contributed by atoms with Gasteiger partial charge < -0.3 is 20.3 Å². The number of nitrogens with one attached hydrogen (secondary N) is 2. The number of pyridine rings is 1.